The second-order valence-electron chi connectivity index (χ2n) is 8.57. The van der Waals surface area contributed by atoms with Crippen molar-refractivity contribution in [3.8, 4) is 0 Å². The van der Waals surface area contributed by atoms with Crippen molar-refractivity contribution in [2.24, 2.45) is 0 Å². The van der Waals surface area contributed by atoms with Crippen LogP contribution < -0.4 is 5.32 Å². The van der Waals surface area contributed by atoms with E-state index in [0.29, 0.717) is 5.92 Å². The summed E-state index contributed by atoms with van der Waals surface area (Å²) >= 11 is 0. The number of fused-ring (bicyclic) bond motifs is 1. The van der Waals surface area contributed by atoms with Crippen molar-refractivity contribution in [3.05, 3.63) is 83.4 Å². The van der Waals surface area contributed by atoms with Gasteiger partial charge in [-0.25, -0.2) is 4.98 Å². The number of nitrogens with one attached hydrogen (secondary N) is 1. The lowest BCUT2D eigenvalue weighted by Gasteiger charge is -2.21. The smallest absolute Gasteiger partial charge is 0.247 e. The molecule has 1 aliphatic rings. The van der Waals surface area contributed by atoms with Crippen LogP contribution in [0.15, 0.2) is 61.2 Å². The molecule has 5 nitrogen and oxygen atoms in total. The first kappa shape index (κ1) is 21.0. The molecule has 1 heterocycles. The Morgan fingerprint density at radius 1 is 1.06 bits per heavy atom. The maximum absolute atomic E-state index is 13.3. The van der Waals surface area contributed by atoms with Crippen LogP contribution in [-0.4, -0.2) is 21.2 Å². The van der Waals surface area contributed by atoms with Crippen LogP contribution in [0.4, 0.5) is 5.69 Å². The maximum atomic E-state index is 13.3. The van der Waals surface area contributed by atoms with Gasteiger partial charge in [0.1, 0.15) is 6.04 Å². The number of aromatic nitrogens is 2. The Bertz CT molecular complexity index is 1050. The van der Waals surface area contributed by atoms with E-state index in [4.69, 9.17) is 0 Å². The summed E-state index contributed by atoms with van der Waals surface area (Å²) in [6, 6.07) is 13.2. The predicted octanol–water partition coefficient (Wildman–Crippen LogP) is 5.34. The van der Waals surface area contributed by atoms with Gasteiger partial charge in [-0.1, -0.05) is 44.2 Å². The third-order valence-electron chi connectivity index (χ3n) is 6.11. The average molecular weight is 416 g/mol. The lowest BCUT2D eigenvalue weighted by molar-refractivity contribution is -0.119. The summed E-state index contributed by atoms with van der Waals surface area (Å²) in [6.07, 6.45) is 9.29. The fourth-order valence-electron chi connectivity index (χ4n) is 4.29. The van der Waals surface area contributed by atoms with Crippen LogP contribution in [0.2, 0.25) is 0 Å². The van der Waals surface area contributed by atoms with Crippen molar-refractivity contribution in [3.63, 3.8) is 0 Å². The zero-order valence-electron chi connectivity index (χ0n) is 18.2. The number of nitrogens with zero attached hydrogens (tertiary/aromatic N) is 2. The van der Waals surface area contributed by atoms with Gasteiger partial charge in [0.15, 0.2) is 5.78 Å². The van der Waals surface area contributed by atoms with Crippen LogP contribution in [0, 0.1) is 0 Å². The summed E-state index contributed by atoms with van der Waals surface area (Å²) in [6.45, 7) is 4.27. The van der Waals surface area contributed by atoms with Crippen LogP contribution in [0.25, 0.3) is 0 Å². The molecule has 0 spiro atoms. The van der Waals surface area contributed by atoms with Crippen LogP contribution >= 0.6 is 0 Å². The molecule has 1 amide bonds. The van der Waals surface area contributed by atoms with Crippen molar-refractivity contribution < 1.29 is 9.59 Å². The molecule has 4 rings (SSSR count). The molecule has 1 unspecified atom stereocenters. The SMILES string of the molecule is CC(C)c1ccc(NC(=O)C(CC(=O)c2cccc3c2CCCC3)n2ccnc2)cc1. The van der Waals surface area contributed by atoms with Gasteiger partial charge in [-0.15, -0.1) is 0 Å². The summed E-state index contributed by atoms with van der Waals surface area (Å²) in [5.74, 6) is 0.217. The molecule has 1 aliphatic carbocycles. The lowest BCUT2D eigenvalue weighted by Crippen LogP contribution is -2.28. The molecule has 0 saturated carbocycles. The number of ketones is 1. The first-order valence-corrected chi connectivity index (χ1v) is 11.0. The third-order valence-corrected chi connectivity index (χ3v) is 6.11. The van der Waals surface area contributed by atoms with Crippen LogP contribution in [-0.2, 0) is 17.6 Å². The Morgan fingerprint density at radius 3 is 2.55 bits per heavy atom. The highest BCUT2D eigenvalue weighted by Gasteiger charge is 2.26. The van der Waals surface area contributed by atoms with E-state index in [1.165, 1.54) is 17.5 Å². The number of carbonyl (C=O) groups is 2. The molecule has 160 valence electrons. The van der Waals surface area contributed by atoms with Gasteiger partial charge in [0.05, 0.1) is 6.33 Å². The molecule has 1 atom stereocenters. The molecule has 0 radical (unpaired) electrons. The standard InChI is InChI=1S/C26H29N3O2/c1-18(2)19-10-12-21(13-11-19)28-26(31)24(29-15-14-27-17-29)16-25(30)23-9-5-7-20-6-3-4-8-22(20)23/h5,7,9-15,17-18,24H,3-4,6,8,16H2,1-2H3,(H,28,31). The first-order valence-electron chi connectivity index (χ1n) is 11.0. The van der Waals surface area contributed by atoms with Crippen LogP contribution in [0.3, 0.4) is 0 Å². The molecular formula is C26H29N3O2. The molecule has 5 heteroatoms. The van der Waals surface area contributed by atoms with Crippen LogP contribution in [0.1, 0.15) is 72.1 Å². The maximum Gasteiger partial charge on any atom is 0.247 e. The van der Waals surface area contributed by atoms with E-state index < -0.39 is 6.04 Å². The van der Waals surface area contributed by atoms with Gasteiger partial charge < -0.3 is 9.88 Å². The van der Waals surface area contributed by atoms with Gasteiger partial charge in [-0.2, -0.15) is 0 Å². The number of Topliss-reactive ketones (excluding diaryl/α,β-unsaturated/α-hetero) is 1. The number of anilines is 1. The quantitative estimate of drug-likeness (QED) is 0.530. The third kappa shape index (κ3) is 4.76. The van der Waals surface area contributed by atoms with Gasteiger partial charge in [0, 0.05) is 30.1 Å². The highest BCUT2D eigenvalue weighted by atomic mass is 16.2. The number of rotatable bonds is 7. The van der Waals surface area contributed by atoms with Gasteiger partial charge in [-0.3, -0.25) is 9.59 Å². The molecule has 0 saturated heterocycles. The minimum absolute atomic E-state index is 0.00255. The van der Waals surface area contributed by atoms with Gasteiger partial charge in [0.25, 0.3) is 0 Å². The second kappa shape index (κ2) is 9.29. The van der Waals surface area contributed by atoms with E-state index in [9.17, 15) is 9.59 Å². The zero-order chi connectivity index (χ0) is 21.8. The van der Waals surface area contributed by atoms with E-state index in [1.54, 1.807) is 23.3 Å². The van der Waals surface area contributed by atoms with Crippen molar-refractivity contribution >= 4 is 17.4 Å². The summed E-state index contributed by atoms with van der Waals surface area (Å²) < 4.78 is 1.71. The van der Waals surface area contributed by atoms with Crippen molar-refractivity contribution in [1.29, 1.82) is 0 Å². The number of amides is 1. The Labute approximate surface area is 183 Å². The Morgan fingerprint density at radius 2 is 1.84 bits per heavy atom. The van der Waals surface area contributed by atoms with E-state index in [0.717, 1.165) is 36.1 Å². The number of imidazole rings is 1. The van der Waals surface area contributed by atoms with E-state index in [1.807, 2.05) is 36.4 Å². The minimum Gasteiger partial charge on any atom is -0.325 e. The van der Waals surface area contributed by atoms with Gasteiger partial charge in [-0.05, 0) is 60.4 Å². The number of carbonyl (C=O) groups excluding carboxylic acids is 2. The molecule has 2 aromatic carbocycles. The normalized spacial score (nSPS) is 14.2. The van der Waals surface area contributed by atoms with Gasteiger partial charge in [0.2, 0.25) is 5.91 Å². The molecule has 1 aromatic heterocycles. The van der Waals surface area contributed by atoms with Crippen molar-refractivity contribution in [1.82, 2.24) is 9.55 Å². The number of hydrogen-bond donors (Lipinski definition) is 1. The summed E-state index contributed by atoms with van der Waals surface area (Å²) in [5, 5.41) is 2.98. The van der Waals surface area contributed by atoms with E-state index in [2.05, 4.69) is 30.2 Å². The highest BCUT2D eigenvalue weighted by molar-refractivity contribution is 6.03. The Balaban J connectivity index is 1.55. The van der Waals surface area contributed by atoms with E-state index >= 15 is 0 Å². The fraction of sp³-hybridized carbons (Fsp3) is 0.346. The van der Waals surface area contributed by atoms with Crippen molar-refractivity contribution in [2.45, 2.75) is 57.9 Å². The zero-order valence-corrected chi connectivity index (χ0v) is 18.2. The molecule has 0 bridgehead atoms. The second-order valence-corrected chi connectivity index (χ2v) is 8.57. The number of aryl methyl sites for hydroxylation is 1. The molecule has 3 aromatic rings. The first-order chi connectivity index (χ1) is 15.0. The minimum atomic E-state index is -0.653. The largest absolute Gasteiger partial charge is 0.325 e. The topological polar surface area (TPSA) is 64.0 Å². The van der Waals surface area contributed by atoms with Gasteiger partial charge >= 0.3 is 0 Å². The number of benzene rings is 2. The number of hydrogen-bond acceptors (Lipinski definition) is 3. The Hall–Kier alpha value is -3.21. The van der Waals surface area contributed by atoms with Crippen molar-refractivity contribution in [2.75, 3.05) is 5.32 Å². The molecule has 0 fully saturated rings. The van der Waals surface area contributed by atoms with E-state index in [-0.39, 0.29) is 18.1 Å². The molecule has 0 aliphatic heterocycles. The fourth-order valence-corrected chi connectivity index (χ4v) is 4.29. The summed E-state index contributed by atoms with van der Waals surface area (Å²) in [7, 11) is 0. The molecule has 31 heavy (non-hydrogen) atoms. The molecule has 1 N–H and O–H groups in total. The van der Waals surface area contributed by atoms with Crippen LogP contribution in [0.5, 0.6) is 0 Å². The molecular weight excluding hydrogens is 386 g/mol. The summed E-state index contributed by atoms with van der Waals surface area (Å²) in [4.78, 5) is 30.5. The Kier molecular flexibility index (Phi) is 6.31. The highest BCUT2D eigenvalue weighted by Crippen LogP contribution is 2.27. The lowest BCUT2D eigenvalue weighted by atomic mass is 9.86. The average Bonchev–Trinajstić information content (AvgIpc) is 3.31. The predicted molar refractivity (Wildman–Crippen MR) is 122 cm³/mol. The summed E-state index contributed by atoms with van der Waals surface area (Å²) in [5.41, 5.74) is 5.13. The monoisotopic (exact) mass is 415 g/mol.